The molecule has 0 amide bonds. The highest BCUT2D eigenvalue weighted by molar-refractivity contribution is 5.87. The third-order valence-corrected chi connectivity index (χ3v) is 4.84. The summed E-state index contributed by atoms with van der Waals surface area (Å²) >= 11 is 0. The van der Waals surface area contributed by atoms with Crippen molar-refractivity contribution in [2.75, 3.05) is 33.9 Å². The normalized spacial score (nSPS) is 11.3. The number of benzene rings is 1. The van der Waals surface area contributed by atoms with Gasteiger partial charge in [-0.15, -0.1) is 0 Å². The van der Waals surface area contributed by atoms with Crippen LogP contribution in [0, 0.1) is 0 Å². The van der Waals surface area contributed by atoms with Gasteiger partial charge in [0.2, 0.25) is 0 Å². The maximum atomic E-state index is 11.6. The number of carbonyl (C=O) groups is 1. The zero-order chi connectivity index (χ0) is 21.2. The number of hydrogen-bond donors (Lipinski definition) is 0. The minimum atomic E-state index is -0.312. The number of unbranched alkanes of at least 4 members (excludes halogenated alkanes) is 9. The SMILES string of the molecule is CCCCCCCCCCCCOc1ccc(C=CC(=O)OCCN(C)C)cc1. The molecule has 0 N–H and O–H groups in total. The van der Waals surface area contributed by atoms with E-state index < -0.39 is 0 Å². The van der Waals surface area contributed by atoms with E-state index in [0.29, 0.717) is 6.61 Å². The summed E-state index contributed by atoms with van der Waals surface area (Å²) in [7, 11) is 3.90. The summed E-state index contributed by atoms with van der Waals surface area (Å²) in [6.45, 7) is 4.16. The summed E-state index contributed by atoms with van der Waals surface area (Å²) < 4.78 is 10.9. The second-order valence-corrected chi connectivity index (χ2v) is 7.90. The van der Waals surface area contributed by atoms with Gasteiger partial charge in [0.1, 0.15) is 12.4 Å². The molecule has 0 saturated carbocycles. The molecule has 0 aliphatic carbocycles. The van der Waals surface area contributed by atoms with Gasteiger partial charge < -0.3 is 14.4 Å². The van der Waals surface area contributed by atoms with Gasteiger partial charge in [-0.05, 0) is 44.3 Å². The van der Waals surface area contributed by atoms with Crippen LogP contribution in [0.2, 0.25) is 0 Å². The van der Waals surface area contributed by atoms with E-state index in [2.05, 4.69) is 6.92 Å². The quantitative estimate of drug-likeness (QED) is 0.179. The van der Waals surface area contributed by atoms with E-state index in [9.17, 15) is 4.79 Å². The van der Waals surface area contributed by atoms with Gasteiger partial charge in [0, 0.05) is 12.6 Å². The lowest BCUT2D eigenvalue weighted by atomic mass is 10.1. The van der Waals surface area contributed by atoms with Crippen LogP contribution in [0.4, 0.5) is 0 Å². The second-order valence-electron chi connectivity index (χ2n) is 7.90. The standard InChI is InChI=1S/C25H41NO3/c1-4-5-6-7-8-9-10-11-12-13-21-28-24-17-14-23(15-18-24)16-19-25(27)29-22-20-26(2)3/h14-19H,4-13,20-22H2,1-3H3. The predicted octanol–water partition coefficient (Wildman–Crippen LogP) is 6.10. The number of esters is 1. The van der Waals surface area contributed by atoms with Gasteiger partial charge in [-0.25, -0.2) is 4.79 Å². The van der Waals surface area contributed by atoms with Crippen LogP contribution < -0.4 is 4.74 Å². The Balaban J connectivity index is 2.08. The number of hydrogen-bond acceptors (Lipinski definition) is 4. The van der Waals surface area contributed by atoms with Crippen molar-refractivity contribution in [1.82, 2.24) is 4.90 Å². The zero-order valence-electron chi connectivity index (χ0n) is 18.8. The first kappa shape index (κ1) is 25.2. The number of rotatable bonds is 17. The third kappa shape index (κ3) is 14.8. The topological polar surface area (TPSA) is 38.8 Å². The Morgan fingerprint density at radius 3 is 2.03 bits per heavy atom. The lowest BCUT2D eigenvalue weighted by molar-refractivity contribution is -0.137. The minimum Gasteiger partial charge on any atom is -0.494 e. The van der Waals surface area contributed by atoms with Crippen LogP contribution in [0.25, 0.3) is 6.08 Å². The van der Waals surface area contributed by atoms with Crippen LogP contribution in [-0.2, 0) is 9.53 Å². The summed E-state index contributed by atoms with van der Waals surface area (Å²) in [5, 5.41) is 0. The monoisotopic (exact) mass is 403 g/mol. The fourth-order valence-corrected chi connectivity index (χ4v) is 3.00. The summed E-state index contributed by atoms with van der Waals surface area (Å²) in [4.78, 5) is 13.6. The number of likely N-dealkylation sites (N-methyl/N-ethyl adjacent to an activating group) is 1. The number of ether oxygens (including phenoxy) is 2. The number of nitrogens with zero attached hydrogens (tertiary/aromatic N) is 1. The highest BCUT2D eigenvalue weighted by atomic mass is 16.5. The van der Waals surface area contributed by atoms with E-state index in [-0.39, 0.29) is 5.97 Å². The first-order valence-corrected chi connectivity index (χ1v) is 11.3. The van der Waals surface area contributed by atoms with Crippen molar-refractivity contribution in [3.8, 4) is 5.75 Å². The second kappa shape index (κ2) is 17.1. The average molecular weight is 404 g/mol. The van der Waals surface area contributed by atoms with Crippen molar-refractivity contribution < 1.29 is 14.3 Å². The lowest BCUT2D eigenvalue weighted by Crippen LogP contribution is -2.19. The molecule has 0 atom stereocenters. The first-order chi connectivity index (χ1) is 14.1. The van der Waals surface area contributed by atoms with E-state index >= 15 is 0 Å². The molecule has 164 valence electrons. The average Bonchev–Trinajstić information content (AvgIpc) is 2.71. The Kier molecular flexibility index (Phi) is 14.9. The fourth-order valence-electron chi connectivity index (χ4n) is 3.00. The third-order valence-electron chi connectivity index (χ3n) is 4.84. The Bertz CT molecular complexity index is 552. The summed E-state index contributed by atoms with van der Waals surface area (Å²) in [6, 6.07) is 7.82. The van der Waals surface area contributed by atoms with Crippen LogP contribution in [0.5, 0.6) is 5.75 Å². The van der Waals surface area contributed by atoms with Gasteiger partial charge in [-0.2, -0.15) is 0 Å². The molecule has 4 nitrogen and oxygen atoms in total. The molecule has 0 aliphatic heterocycles. The predicted molar refractivity (Wildman–Crippen MR) is 122 cm³/mol. The maximum Gasteiger partial charge on any atom is 0.330 e. The molecule has 0 bridgehead atoms. The molecule has 0 unspecified atom stereocenters. The molecular weight excluding hydrogens is 362 g/mol. The molecule has 1 aromatic rings. The maximum absolute atomic E-state index is 11.6. The molecule has 0 heterocycles. The van der Waals surface area contributed by atoms with E-state index in [4.69, 9.17) is 9.47 Å². The van der Waals surface area contributed by atoms with Crippen molar-refractivity contribution >= 4 is 12.0 Å². The fraction of sp³-hybridized carbons (Fsp3) is 0.640. The van der Waals surface area contributed by atoms with Crippen LogP contribution in [0.1, 0.15) is 76.7 Å². The van der Waals surface area contributed by atoms with Crippen LogP contribution in [0.15, 0.2) is 30.3 Å². The van der Waals surface area contributed by atoms with Gasteiger partial charge in [0.25, 0.3) is 0 Å². The van der Waals surface area contributed by atoms with Crippen LogP contribution in [-0.4, -0.2) is 44.7 Å². The lowest BCUT2D eigenvalue weighted by Gasteiger charge is -2.08. The molecular formula is C25H41NO3. The van der Waals surface area contributed by atoms with Gasteiger partial charge in [0.05, 0.1) is 6.61 Å². The largest absolute Gasteiger partial charge is 0.494 e. The smallest absolute Gasteiger partial charge is 0.330 e. The summed E-state index contributed by atoms with van der Waals surface area (Å²) in [6.07, 6.45) is 16.5. The minimum absolute atomic E-state index is 0.312. The Labute approximate surface area is 178 Å². The van der Waals surface area contributed by atoms with Gasteiger partial charge in [0.15, 0.2) is 0 Å². The van der Waals surface area contributed by atoms with Gasteiger partial charge in [-0.3, -0.25) is 0 Å². The molecule has 4 heteroatoms. The Morgan fingerprint density at radius 1 is 0.862 bits per heavy atom. The molecule has 0 spiro atoms. The van der Waals surface area contributed by atoms with Crippen molar-refractivity contribution in [2.24, 2.45) is 0 Å². The van der Waals surface area contributed by atoms with Gasteiger partial charge in [-0.1, -0.05) is 76.8 Å². The zero-order valence-corrected chi connectivity index (χ0v) is 18.8. The highest BCUT2D eigenvalue weighted by Crippen LogP contribution is 2.15. The van der Waals surface area contributed by atoms with Crippen molar-refractivity contribution in [2.45, 2.75) is 71.1 Å². The molecule has 0 aromatic heterocycles. The molecule has 0 radical (unpaired) electrons. The van der Waals surface area contributed by atoms with E-state index in [1.165, 1.54) is 63.9 Å². The first-order valence-electron chi connectivity index (χ1n) is 11.3. The van der Waals surface area contributed by atoms with Crippen LogP contribution >= 0.6 is 0 Å². The van der Waals surface area contributed by atoms with Crippen molar-refractivity contribution in [3.05, 3.63) is 35.9 Å². The summed E-state index contributed by atoms with van der Waals surface area (Å²) in [5.41, 5.74) is 0.959. The van der Waals surface area contributed by atoms with Crippen molar-refractivity contribution in [1.29, 1.82) is 0 Å². The van der Waals surface area contributed by atoms with Gasteiger partial charge >= 0.3 is 5.97 Å². The van der Waals surface area contributed by atoms with E-state index in [1.807, 2.05) is 43.3 Å². The molecule has 1 rings (SSSR count). The molecule has 29 heavy (non-hydrogen) atoms. The molecule has 0 fully saturated rings. The van der Waals surface area contributed by atoms with Crippen LogP contribution in [0.3, 0.4) is 0 Å². The Hall–Kier alpha value is -1.81. The molecule has 0 saturated heterocycles. The Morgan fingerprint density at radius 2 is 1.45 bits per heavy atom. The molecule has 0 aliphatic rings. The van der Waals surface area contributed by atoms with E-state index in [1.54, 1.807) is 6.08 Å². The summed E-state index contributed by atoms with van der Waals surface area (Å²) in [5.74, 6) is 0.569. The highest BCUT2D eigenvalue weighted by Gasteiger charge is 1.99. The molecule has 1 aromatic carbocycles. The number of carbonyl (C=O) groups excluding carboxylic acids is 1. The van der Waals surface area contributed by atoms with E-state index in [0.717, 1.165) is 30.9 Å². The van der Waals surface area contributed by atoms with Crippen molar-refractivity contribution in [3.63, 3.8) is 0 Å².